The highest BCUT2D eigenvalue weighted by atomic mass is 79.9. The number of nitrogen functional groups attached to an aromatic ring is 1. The molecule has 6 heteroatoms. The Bertz CT molecular complexity index is 1180. The summed E-state index contributed by atoms with van der Waals surface area (Å²) in [6, 6.07) is 21.5. The van der Waals surface area contributed by atoms with E-state index in [1.807, 2.05) is 24.3 Å². The monoisotopic (exact) mass is 433 g/mol. The van der Waals surface area contributed by atoms with Gasteiger partial charge in [0.2, 0.25) is 5.78 Å². The van der Waals surface area contributed by atoms with E-state index in [-0.39, 0.29) is 28.6 Å². The van der Waals surface area contributed by atoms with Crippen molar-refractivity contribution in [1.82, 2.24) is 4.40 Å². The average molecular weight is 434 g/mol. The molecule has 0 aliphatic heterocycles. The number of nitrogens with two attached hydrogens (primary N) is 1. The fraction of sp³-hybridized carbons (Fsp3) is 0. The number of ketones is 1. The quantitative estimate of drug-likeness (QED) is 0.455. The van der Waals surface area contributed by atoms with E-state index in [0.717, 1.165) is 4.47 Å². The third-order valence-electron chi connectivity index (χ3n) is 4.46. The summed E-state index contributed by atoms with van der Waals surface area (Å²) in [7, 11) is 0. The van der Waals surface area contributed by atoms with Crippen LogP contribution in [0.25, 0.3) is 5.52 Å². The van der Waals surface area contributed by atoms with Crippen molar-refractivity contribution < 1.29 is 9.59 Å². The summed E-state index contributed by atoms with van der Waals surface area (Å²) < 4.78 is 2.54. The second-order valence-corrected chi connectivity index (χ2v) is 7.17. The van der Waals surface area contributed by atoms with Crippen LogP contribution in [0.15, 0.2) is 83.5 Å². The number of hydrogen-bond acceptors (Lipinski definition) is 3. The summed E-state index contributed by atoms with van der Waals surface area (Å²) in [5.74, 6) is -0.604. The minimum Gasteiger partial charge on any atom is -0.396 e. The predicted molar refractivity (Wildman–Crippen MR) is 114 cm³/mol. The minimum atomic E-state index is -0.359. The summed E-state index contributed by atoms with van der Waals surface area (Å²) >= 11 is 3.37. The molecule has 0 aliphatic rings. The normalized spacial score (nSPS) is 10.8. The number of hydrogen-bond donors (Lipinski definition) is 2. The molecule has 4 rings (SSSR count). The number of para-hydroxylation sites is 1. The first-order chi connectivity index (χ1) is 13.6. The third-order valence-corrected chi connectivity index (χ3v) is 4.99. The Hall–Kier alpha value is -3.38. The first-order valence-electron chi connectivity index (χ1n) is 8.61. The average Bonchev–Trinajstić information content (AvgIpc) is 3.00. The van der Waals surface area contributed by atoms with Gasteiger partial charge in [-0.05, 0) is 48.5 Å². The molecule has 0 spiro atoms. The van der Waals surface area contributed by atoms with Crippen LogP contribution in [0.4, 0.5) is 11.4 Å². The van der Waals surface area contributed by atoms with E-state index >= 15 is 0 Å². The van der Waals surface area contributed by atoms with Crippen molar-refractivity contribution >= 4 is 44.5 Å². The Morgan fingerprint density at radius 2 is 1.57 bits per heavy atom. The molecule has 5 nitrogen and oxygen atoms in total. The number of rotatable bonds is 4. The van der Waals surface area contributed by atoms with Crippen LogP contribution in [-0.4, -0.2) is 16.1 Å². The van der Waals surface area contributed by atoms with Gasteiger partial charge in [0, 0.05) is 21.9 Å². The van der Waals surface area contributed by atoms with Crippen molar-refractivity contribution in [1.29, 1.82) is 0 Å². The number of fused-ring (bicyclic) bond motifs is 1. The van der Waals surface area contributed by atoms with Crippen LogP contribution in [0, 0.1) is 0 Å². The Balaban J connectivity index is 1.83. The molecule has 2 aromatic carbocycles. The van der Waals surface area contributed by atoms with Gasteiger partial charge in [-0.1, -0.05) is 40.2 Å². The Morgan fingerprint density at radius 3 is 2.29 bits per heavy atom. The van der Waals surface area contributed by atoms with Gasteiger partial charge in [-0.3, -0.25) is 9.59 Å². The largest absolute Gasteiger partial charge is 0.396 e. The second kappa shape index (κ2) is 7.32. The zero-order valence-electron chi connectivity index (χ0n) is 14.7. The van der Waals surface area contributed by atoms with Crippen molar-refractivity contribution in [2.24, 2.45) is 0 Å². The highest BCUT2D eigenvalue weighted by molar-refractivity contribution is 9.10. The molecule has 0 unspecified atom stereocenters. The molecule has 0 saturated carbocycles. The third kappa shape index (κ3) is 3.18. The van der Waals surface area contributed by atoms with E-state index in [4.69, 9.17) is 5.73 Å². The number of nitrogens with zero attached hydrogens (tertiary/aromatic N) is 1. The Labute approximate surface area is 169 Å². The molecule has 0 fully saturated rings. The molecular formula is C22H16BrN3O2. The van der Waals surface area contributed by atoms with Crippen LogP contribution in [0.5, 0.6) is 0 Å². The lowest BCUT2D eigenvalue weighted by atomic mass is 10.1. The van der Waals surface area contributed by atoms with Crippen molar-refractivity contribution in [2.75, 3.05) is 11.1 Å². The molecule has 0 bridgehead atoms. The molecule has 138 valence electrons. The molecule has 0 saturated heterocycles. The van der Waals surface area contributed by atoms with Gasteiger partial charge in [-0.25, -0.2) is 0 Å². The van der Waals surface area contributed by atoms with Crippen LogP contribution >= 0.6 is 15.9 Å². The molecule has 0 aliphatic carbocycles. The smallest absolute Gasteiger partial charge is 0.259 e. The van der Waals surface area contributed by atoms with Crippen molar-refractivity contribution in [2.45, 2.75) is 0 Å². The molecule has 1 amide bonds. The summed E-state index contributed by atoms with van der Waals surface area (Å²) in [6.45, 7) is 0. The number of carbonyl (C=O) groups excluding carboxylic acids is 2. The van der Waals surface area contributed by atoms with Gasteiger partial charge in [0.25, 0.3) is 5.91 Å². The molecule has 3 N–H and O–H groups in total. The van der Waals surface area contributed by atoms with E-state index in [0.29, 0.717) is 16.8 Å². The SMILES string of the molecule is Nc1c(C(=O)Nc2ccccc2)c2ccccn2c1C(=O)c1ccc(Br)cc1. The zero-order valence-corrected chi connectivity index (χ0v) is 16.3. The Morgan fingerprint density at radius 1 is 0.893 bits per heavy atom. The maximum atomic E-state index is 13.1. The summed E-state index contributed by atoms with van der Waals surface area (Å²) in [4.78, 5) is 26.1. The van der Waals surface area contributed by atoms with Crippen LogP contribution < -0.4 is 11.1 Å². The second-order valence-electron chi connectivity index (χ2n) is 6.25. The number of anilines is 2. The minimum absolute atomic E-state index is 0.160. The molecular weight excluding hydrogens is 418 g/mol. The number of pyridine rings is 1. The highest BCUT2D eigenvalue weighted by Crippen LogP contribution is 2.29. The summed E-state index contributed by atoms with van der Waals surface area (Å²) in [5.41, 5.74) is 8.77. The van der Waals surface area contributed by atoms with Crippen molar-refractivity contribution in [3.63, 3.8) is 0 Å². The van der Waals surface area contributed by atoms with E-state index < -0.39 is 0 Å². The predicted octanol–water partition coefficient (Wildman–Crippen LogP) is 4.77. The molecule has 2 aromatic heterocycles. The molecule has 28 heavy (non-hydrogen) atoms. The lowest BCUT2D eigenvalue weighted by Gasteiger charge is -2.05. The maximum Gasteiger partial charge on any atom is 0.259 e. The number of aromatic nitrogens is 1. The standard InChI is InChI=1S/C22H16BrN3O2/c23-15-11-9-14(10-12-15)21(27)20-19(24)18(17-8-4-5-13-26(17)20)22(28)25-16-6-2-1-3-7-16/h1-13H,24H2,(H,25,28). The van der Waals surface area contributed by atoms with Crippen LogP contribution in [0.1, 0.15) is 26.4 Å². The topological polar surface area (TPSA) is 76.6 Å². The molecule has 2 heterocycles. The molecule has 0 radical (unpaired) electrons. The summed E-state index contributed by atoms with van der Waals surface area (Å²) in [5, 5.41) is 2.84. The van der Waals surface area contributed by atoms with Gasteiger partial charge in [0.15, 0.2) is 0 Å². The van der Waals surface area contributed by atoms with E-state index in [9.17, 15) is 9.59 Å². The van der Waals surface area contributed by atoms with Gasteiger partial charge in [-0.15, -0.1) is 0 Å². The summed E-state index contributed by atoms with van der Waals surface area (Å²) in [6.07, 6.45) is 1.73. The van der Waals surface area contributed by atoms with Gasteiger partial charge in [0.05, 0.1) is 16.8 Å². The van der Waals surface area contributed by atoms with E-state index in [1.54, 1.807) is 59.1 Å². The number of nitrogens with one attached hydrogen (secondary N) is 1. The first-order valence-corrected chi connectivity index (χ1v) is 9.41. The molecule has 0 atom stereocenters. The fourth-order valence-electron chi connectivity index (χ4n) is 3.15. The van der Waals surface area contributed by atoms with Crippen LogP contribution in [-0.2, 0) is 0 Å². The van der Waals surface area contributed by atoms with Gasteiger partial charge in [0.1, 0.15) is 5.69 Å². The zero-order chi connectivity index (χ0) is 19.7. The highest BCUT2D eigenvalue weighted by Gasteiger charge is 2.26. The van der Waals surface area contributed by atoms with Gasteiger partial charge < -0.3 is 15.5 Å². The molecule has 4 aromatic rings. The van der Waals surface area contributed by atoms with Crippen LogP contribution in [0.3, 0.4) is 0 Å². The Kier molecular flexibility index (Phi) is 4.71. The number of halogens is 1. The lowest BCUT2D eigenvalue weighted by molar-refractivity contribution is 0.102. The van der Waals surface area contributed by atoms with Gasteiger partial charge >= 0.3 is 0 Å². The number of benzene rings is 2. The van der Waals surface area contributed by atoms with Crippen molar-refractivity contribution in [3.05, 3.63) is 100 Å². The van der Waals surface area contributed by atoms with Crippen molar-refractivity contribution in [3.8, 4) is 0 Å². The number of carbonyl (C=O) groups is 2. The maximum absolute atomic E-state index is 13.1. The lowest BCUT2D eigenvalue weighted by Crippen LogP contribution is -2.14. The van der Waals surface area contributed by atoms with E-state index in [2.05, 4.69) is 21.2 Å². The van der Waals surface area contributed by atoms with Gasteiger partial charge in [-0.2, -0.15) is 0 Å². The van der Waals surface area contributed by atoms with Crippen LogP contribution in [0.2, 0.25) is 0 Å². The van der Waals surface area contributed by atoms with E-state index in [1.165, 1.54) is 0 Å². The number of amides is 1. The fourth-order valence-corrected chi connectivity index (χ4v) is 3.42. The first kappa shape index (κ1) is 18.0.